The van der Waals surface area contributed by atoms with Gasteiger partial charge in [0.15, 0.2) is 12.2 Å². The molecule has 0 N–H and O–H groups in total. The second-order valence-electron chi connectivity index (χ2n) is 2.71. The van der Waals surface area contributed by atoms with Crippen LogP contribution in [-0.4, -0.2) is 4.98 Å². The zero-order valence-corrected chi connectivity index (χ0v) is 8.90. The van der Waals surface area contributed by atoms with E-state index in [-0.39, 0.29) is 0 Å². The lowest BCUT2D eigenvalue weighted by Gasteiger charge is -2.03. The largest absolute Gasteiger partial charge is 0.486 e. The summed E-state index contributed by atoms with van der Waals surface area (Å²) >= 11 is 3.37. The molecule has 0 radical (unpaired) electrons. The van der Waals surface area contributed by atoms with Gasteiger partial charge in [-0.3, -0.25) is 0 Å². The number of ether oxygens (including phenoxy) is 1. The summed E-state index contributed by atoms with van der Waals surface area (Å²) in [7, 11) is 0. The van der Waals surface area contributed by atoms with Crippen molar-refractivity contribution in [2.24, 2.45) is 0 Å². The van der Waals surface area contributed by atoms with Crippen LogP contribution < -0.4 is 4.74 Å². The van der Waals surface area contributed by atoms with Gasteiger partial charge < -0.3 is 9.15 Å². The van der Waals surface area contributed by atoms with E-state index in [4.69, 9.17) is 9.15 Å². The minimum absolute atomic E-state index is 0.399. The molecule has 4 heteroatoms. The quantitative estimate of drug-likeness (QED) is 0.844. The molecule has 0 aliphatic carbocycles. The van der Waals surface area contributed by atoms with Crippen LogP contribution in [-0.2, 0) is 6.61 Å². The third-order valence-electron chi connectivity index (χ3n) is 1.66. The van der Waals surface area contributed by atoms with Crippen LogP contribution in [0.3, 0.4) is 0 Å². The fourth-order valence-electron chi connectivity index (χ4n) is 1.02. The Morgan fingerprint density at radius 3 is 3.07 bits per heavy atom. The molecule has 2 aromatic rings. The highest BCUT2D eigenvalue weighted by Gasteiger charge is 1.98. The lowest BCUT2D eigenvalue weighted by molar-refractivity contribution is 0.270. The summed E-state index contributed by atoms with van der Waals surface area (Å²) in [5.41, 5.74) is 0. The first-order valence-corrected chi connectivity index (χ1v) is 4.89. The molecule has 2 rings (SSSR count). The van der Waals surface area contributed by atoms with E-state index < -0.39 is 0 Å². The van der Waals surface area contributed by atoms with E-state index in [0.717, 1.165) is 10.2 Å². The predicted molar refractivity (Wildman–Crippen MR) is 55.0 cm³/mol. The van der Waals surface area contributed by atoms with Crippen molar-refractivity contribution < 1.29 is 9.15 Å². The molecule has 0 atom stereocenters. The van der Waals surface area contributed by atoms with Crippen LogP contribution in [0.5, 0.6) is 5.75 Å². The molecule has 3 nitrogen and oxygen atoms in total. The van der Waals surface area contributed by atoms with Gasteiger partial charge in [0.1, 0.15) is 12.4 Å². The van der Waals surface area contributed by atoms with Crippen LogP contribution >= 0.6 is 15.9 Å². The second kappa shape index (κ2) is 4.28. The van der Waals surface area contributed by atoms with Gasteiger partial charge in [0, 0.05) is 4.47 Å². The van der Waals surface area contributed by atoms with E-state index in [1.165, 1.54) is 6.39 Å². The molecule has 0 bridgehead atoms. The van der Waals surface area contributed by atoms with Gasteiger partial charge in [-0.2, -0.15) is 0 Å². The normalized spacial score (nSPS) is 10.1. The number of oxazole rings is 1. The minimum Gasteiger partial charge on any atom is -0.486 e. The van der Waals surface area contributed by atoms with Crippen LogP contribution in [0.2, 0.25) is 0 Å². The SMILES string of the molecule is Brc1cccc(OCc2cnco2)c1. The van der Waals surface area contributed by atoms with Gasteiger partial charge >= 0.3 is 0 Å². The van der Waals surface area contributed by atoms with Crippen molar-refractivity contribution in [2.75, 3.05) is 0 Å². The number of aromatic nitrogens is 1. The third kappa shape index (κ3) is 2.35. The highest BCUT2D eigenvalue weighted by molar-refractivity contribution is 9.10. The lowest BCUT2D eigenvalue weighted by Crippen LogP contribution is -1.93. The molecule has 1 heterocycles. The number of nitrogens with zero attached hydrogens (tertiary/aromatic N) is 1. The van der Waals surface area contributed by atoms with Crippen LogP contribution in [0.4, 0.5) is 0 Å². The fourth-order valence-corrected chi connectivity index (χ4v) is 1.40. The maximum absolute atomic E-state index is 5.47. The molecule has 0 saturated heterocycles. The van der Waals surface area contributed by atoms with Crippen molar-refractivity contribution in [3.05, 3.63) is 47.1 Å². The molecule has 0 fully saturated rings. The molecule has 0 spiro atoms. The van der Waals surface area contributed by atoms with Gasteiger partial charge in [0.05, 0.1) is 6.20 Å². The molecular weight excluding hydrogens is 246 g/mol. The lowest BCUT2D eigenvalue weighted by atomic mass is 10.3. The van der Waals surface area contributed by atoms with E-state index in [1.54, 1.807) is 6.20 Å². The molecule has 0 unspecified atom stereocenters. The van der Waals surface area contributed by atoms with Gasteiger partial charge in [0.2, 0.25) is 0 Å². The topological polar surface area (TPSA) is 35.3 Å². The maximum atomic E-state index is 5.47. The Hall–Kier alpha value is -1.29. The van der Waals surface area contributed by atoms with Crippen molar-refractivity contribution in [3.8, 4) is 5.75 Å². The van der Waals surface area contributed by atoms with E-state index >= 15 is 0 Å². The van der Waals surface area contributed by atoms with Crippen molar-refractivity contribution in [2.45, 2.75) is 6.61 Å². The highest BCUT2D eigenvalue weighted by atomic mass is 79.9. The van der Waals surface area contributed by atoms with Gasteiger partial charge in [0.25, 0.3) is 0 Å². The van der Waals surface area contributed by atoms with Crippen molar-refractivity contribution in [3.63, 3.8) is 0 Å². The van der Waals surface area contributed by atoms with Gasteiger partial charge in [-0.1, -0.05) is 22.0 Å². The summed E-state index contributed by atoms with van der Waals surface area (Å²) in [6.45, 7) is 0.399. The highest BCUT2D eigenvalue weighted by Crippen LogP contribution is 2.18. The summed E-state index contributed by atoms with van der Waals surface area (Å²) in [4.78, 5) is 3.80. The zero-order valence-electron chi connectivity index (χ0n) is 7.31. The monoisotopic (exact) mass is 253 g/mol. The van der Waals surface area contributed by atoms with E-state index in [0.29, 0.717) is 12.4 Å². The average Bonchev–Trinajstić information content (AvgIpc) is 2.67. The van der Waals surface area contributed by atoms with E-state index in [2.05, 4.69) is 20.9 Å². The molecular formula is C10H8BrNO2. The van der Waals surface area contributed by atoms with Crippen LogP contribution in [0.1, 0.15) is 5.76 Å². The number of halogens is 1. The molecule has 14 heavy (non-hydrogen) atoms. The van der Waals surface area contributed by atoms with Gasteiger partial charge in [-0.15, -0.1) is 0 Å². The molecule has 72 valence electrons. The first-order valence-electron chi connectivity index (χ1n) is 4.10. The number of hydrogen-bond acceptors (Lipinski definition) is 3. The Kier molecular flexibility index (Phi) is 2.84. The van der Waals surface area contributed by atoms with Crippen molar-refractivity contribution in [1.29, 1.82) is 0 Å². The maximum Gasteiger partial charge on any atom is 0.181 e. The Balaban J connectivity index is 1.98. The first-order chi connectivity index (χ1) is 6.84. The Labute approximate surface area is 89.8 Å². The fraction of sp³-hybridized carbons (Fsp3) is 0.100. The average molecular weight is 254 g/mol. The minimum atomic E-state index is 0.399. The molecule has 1 aromatic carbocycles. The standard InChI is InChI=1S/C10H8BrNO2/c11-8-2-1-3-9(4-8)13-6-10-5-12-7-14-10/h1-5,7H,6H2. The number of hydrogen-bond donors (Lipinski definition) is 0. The molecule has 0 aliphatic rings. The number of benzene rings is 1. The smallest absolute Gasteiger partial charge is 0.181 e. The summed E-state index contributed by atoms with van der Waals surface area (Å²) in [5, 5.41) is 0. The molecule has 0 saturated carbocycles. The summed E-state index contributed by atoms with van der Waals surface area (Å²) in [6.07, 6.45) is 3.03. The van der Waals surface area contributed by atoms with E-state index in [9.17, 15) is 0 Å². The van der Waals surface area contributed by atoms with Gasteiger partial charge in [-0.25, -0.2) is 4.98 Å². The first kappa shape index (κ1) is 9.27. The Bertz CT molecular complexity index is 400. The molecule has 0 aliphatic heterocycles. The number of rotatable bonds is 3. The zero-order chi connectivity index (χ0) is 9.80. The van der Waals surface area contributed by atoms with E-state index in [1.807, 2.05) is 24.3 Å². The van der Waals surface area contributed by atoms with Crippen molar-refractivity contribution >= 4 is 15.9 Å². The summed E-state index contributed by atoms with van der Waals surface area (Å²) in [6, 6.07) is 7.65. The summed E-state index contributed by atoms with van der Waals surface area (Å²) < 4.78 is 11.5. The molecule has 1 aromatic heterocycles. The predicted octanol–water partition coefficient (Wildman–Crippen LogP) is 3.02. The van der Waals surface area contributed by atoms with Crippen LogP contribution in [0.25, 0.3) is 0 Å². The second-order valence-corrected chi connectivity index (χ2v) is 3.63. The summed E-state index contributed by atoms with van der Waals surface area (Å²) in [5.74, 6) is 1.51. The van der Waals surface area contributed by atoms with Crippen LogP contribution in [0, 0.1) is 0 Å². The Morgan fingerprint density at radius 1 is 1.43 bits per heavy atom. The van der Waals surface area contributed by atoms with Gasteiger partial charge in [-0.05, 0) is 18.2 Å². The van der Waals surface area contributed by atoms with Crippen molar-refractivity contribution in [1.82, 2.24) is 4.98 Å². The van der Waals surface area contributed by atoms with Crippen LogP contribution in [0.15, 0.2) is 45.7 Å². The third-order valence-corrected chi connectivity index (χ3v) is 2.15. The Morgan fingerprint density at radius 2 is 2.36 bits per heavy atom. The molecule has 0 amide bonds.